The van der Waals surface area contributed by atoms with E-state index in [0.717, 1.165) is 5.56 Å². The van der Waals surface area contributed by atoms with Crippen molar-refractivity contribution in [2.45, 2.75) is 32.7 Å². The quantitative estimate of drug-likeness (QED) is 0.917. The summed E-state index contributed by atoms with van der Waals surface area (Å²) in [5.74, 6) is 0.852. The molecule has 3 rings (SSSR count). The molecule has 1 N–H and O–H groups in total. The molecular formula is C17H19NO2. The van der Waals surface area contributed by atoms with Crippen molar-refractivity contribution in [3.8, 4) is 0 Å². The summed E-state index contributed by atoms with van der Waals surface area (Å²) in [6.45, 7) is 3.96. The van der Waals surface area contributed by atoms with Gasteiger partial charge in [-0.3, -0.25) is 4.79 Å². The van der Waals surface area contributed by atoms with Crippen LogP contribution in [0.2, 0.25) is 0 Å². The van der Waals surface area contributed by atoms with Gasteiger partial charge in [-0.15, -0.1) is 0 Å². The number of benzene rings is 1. The predicted molar refractivity (Wildman–Crippen MR) is 77.6 cm³/mol. The number of nitrogens with one attached hydrogen (secondary N) is 1. The minimum Gasteiger partial charge on any atom is -0.459 e. The van der Waals surface area contributed by atoms with Gasteiger partial charge in [0.25, 0.3) is 5.91 Å². The van der Waals surface area contributed by atoms with Gasteiger partial charge in [-0.05, 0) is 44.2 Å². The molecule has 3 nitrogen and oxygen atoms in total. The molecule has 0 bridgehead atoms. The van der Waals surface area contributed by atoms with Gasteiger partial charge in [0.1, 0.15) is 0 Å². The normalized spacial score (nSPS) is 15.9. The molecule has 1 aromatic heterocycles. The van der Waals surface area contributed by atoms with Crippen LogP contribution in [0.25, 0.3) is 0 Å². The van der Waals surface area contributed by atoms with Crippen LogP contribution in [-0.2, 0) is 0 Å². The first-order valence-electron chi connectivity index (χ1n) is 7.06. The van der Waals surface area contributed by atoms with E-state index < -0.39 is 0 Å². The third kappa shape index (κ3) is 2.62. The van der Waals surface area contributed by atoms with Gasteiger partial charge in [0, 0.05) is 5.56 Å². The van der Waals surface area contributed by atoms with Gasteiger partial charge < -0.3 is 9.73 Å². The topological polar surface area (TPSA) is 42.2 Å². The summed E-state index contributed by atoms with van der Waals surface area (Å²) >= 11 is 0. The molecular weight excluding hydrogens is 250 g/mol. The van der Waals surface area contributed by atoms with Crippen LogP contribution in [0.15, 0.2) is 41.0 Å². The molecule has 0 saturated heterocycles. The summed E-state index contributed by atoms with van der Waals surface area (Å²) in [7, 11) is 0. The number of furan rings is 1. The standard InChI is InChI=1S/C17H19NO2/c1-11-3-5-13(6-4-11)15(14-7-8-14)18-17(19)16-12(2)9-10-20-16/h3-6,9-10,14-15H,7-8H2,1-2H3,(H,18,19). The van der Waals surface area contributed by atoms with Gasteiger partial charge in [0.15, 0.2) is 5.76 Å². The fraction of sp³-hybridized carbons (Fsp3) is 0.353. The van der Waals surface area contributed by atoms with Crippen molar-refractivity contribution < 1.29 is 9.21 Å². The molecule has 1 amide bonds. The van der Waals surface area contributed by atoms with Gasteiger partial charge >= 0.3 is 0 Å². The zero-order valence-corrected chi connectivity index (χ0v) is 11.8. The summed E-state index contributed by atoms with van der Waals surface area (Å²) in [6.07, 6.45) is 3.91. The second kappa shape index (κ2) is 5.16. The highest BCUT2D eigenvalue weighted by Crippen LogP contribution is 2.41. The average Bonchev–Trinajstić information content (AvgIpc) is 3.18. The number of hydrogen-bond acceptors (Lipinski definition) is 2. The molecule has 104 valence electrons. The second-order valence-electron chi connectivity index (χ2n) is 5.63. The Bertz CT molecular complexity index is 608. The van der Waals surface area contributed by atoms with Crippen LogP contribution in [0.1, 0.15) is 46.1 Å². The van der Waals surface area contributed by atoms with Crippen molar-refractivity contribution in [2.75, 3.05) is 0 Å². The number of rotatable bonds is 4. The molecule has 1 aliphatic rings. The van der Waals surface area contributed by atoms with Gasteiger partial charge in [0.2, 0.25) is 0 Å². The van der Waals surface area contributed by atoms with E-state index in [-0.39, 0.29) is 11.9 Å². The predicted octanol–water partition coefficient (Wildman–Crippen LogP) is 3.78. The molecule has 0 radical (unpaired) electrons. The molecule has 0 aliphatic heterocycles. The largest absolute Gasteiger partial charge is 0.459 e. The van der Waals surface area contributed by atoms with Crippen molar-refractivity contribution in [3.63, 3.8) is 0 Å². The molecule has 1 heterocycles. The smallest absolute Gasteiger partial charge is 0.287 e. The summed E-state index contributed by atoms with van der Waals surface area (Å²) in [4.78, 5) is 12.3. The molecule has 3 heteroatoms. The molecule has 1 aliphatic carbocycles. The van der Waals surface area contributed by atoms with E-state index in [9.17, 15) is 4.79 Å². The molecule has 1 fully saturated rings. The SMILES string of the molecule is Cc1ccc(C(NC(=O)c2occc2C)C2CC2)cc1. The van der Waals surface area contributed by atoms with E-state index in [1.165, 1.54) is 24.0 Å². The first-order chi connectivity index (χ1) is 9.65. The van der Waals surface area contributed by atoms with E-state index >= 15 is 0 Å². The Morgan fingerprint density at radius 2 is 1.90 bits per heavy atom. The monoisotopic (exact) mass is 269 g/mol. The van der Waals surface area contributed by atoms with Crippen molar-refractivity contribution in [1.29, 1.82) is 0 Å². The van der Waals surface area contributed by atoms with Crippen molar-refractivity contribution >= 4 is 5.91 Å². The van der Waals surface area contributed by atoms with Crippen LogP contribution in [0, 0.1) is 19.8 Å². The van der Waals surface area contributed by atoms with E-state index in [1.807, 2.05) is 13.0 Å². The fourth-order valence-electron chi connectivity index (χ4n) is 2.49. The van der Waals surface area contributed by atoms with Crippen LogP contribution >= 0.6 is 0 Å². The fourth-order valence-corrected chi connectivity index (χ4v) is 2.49. The van der Waals surface area contributed by atoms with Crippen molar-refractivity contribution in [1.82, 2.24) is 5.32 Å². The third-order valence-electron chi connectivity index (χ3n) is 3.88. The maximum Gasteiger partial charge on any atom is 0.287 e. The van der Waals surface area contributed by atoms with E-state index in [2.05, 4.69) is 36.5 Å². The highest BCUT2D eigenvalue weighted by molar-refractivity contribution is 5.93. The van der Waals surface area contributed by atoms with Crippen LogP contribution in [0.4, 0.5) is 0 Å². The molecule has 1 saturated carbocycles. The Hall–Kier alpha value is -2.03. The highest BCUT2D eigenvalue weighted by atomic mass is 16.3. The van der Waals surface area contributed by atoms with Crippen LogP contribution in [0.5, 0.6) is 0 Å². The Morgan fingerprint density at radius 1 is 1.20 bits per heavy atom. The summed E-state index contributed by atoms with van der Waals surface area (Å²) < 4.78 is 5.27. The minimum atomic E-state index is -0.120. The number of aryl methyl sites for hydroxylation is 2. The van der Waals surface area contributed by atoms with Gasteiger partial charge in [-0.2, -0.15) is 0 Å². The minimum absolute atomic E-state index is 0.0904. The number of hydrogen-bond donors (Lipinski definition) is 1. The van der Waals surface area contributed by atoms with Crippen LogP contribution in [0.3, 0.4) is 0 Å². The van der Waals surface area contributed by atoms with Crippen LogP contribution in [-0.4, -0.2) is 5.91 Å². The maximum atomic E-state index is 12.3. The van der Waals surface area contributed by atoms with E-state index in [4.69, 9.17) is 4.42 Å². The van der Waals surface area contributed by atoms with Crippen LogP contribution < -0.4 is 5.32 Å². The highest BCUT2D eigenvalue weighted by Gasteiger charge is 2.34. The lowest BCUT2D eigenvalue weighted by Gasteiger charge is -2.18. The Kier molecular flexibility index (Phi) is 3.35. The Labute approximate surface area is 119 Å². The van der Waals surface area contributed by atoms with Gasteiger partial charge in [0.05, 0.1) is 12.3 Å². The first-order valence-corrected chi connectivity index (χ1v) is 7.06. The molecule has 2 aromatic rings. The Balaban J connectivity index is 1.80. The summed E-state index contributed by atoms with van der Waals surface area (Å²) in [6, 6.07) is 10.3. The first kappa shape index (κ1) is 13.0. The van der Waals surface area contributed by atoms with Gasteiger partial charge in [-0.25, -0.2) is 0 Å². The molecule has 0 spiro atoms. The Morgan fingerprint density at radius 3 is 2.45 bits per heavy atom. The van der Waals surface area contributed by atoms with Gasteiger partial charge in [-0.1, -0.05) is 29.8 Å². The van der Waals surface area contributed by atoms with E-state index in [1.54, 1.807) is 6.26 Å². The van der Waals surface area contributed by atoms with E-state index in [0.29, 0.717) is 11.7 Å². The zero-order valence-electron chi connectivity index (χ0n) is 11.8. The number of carbonyl (C=O) groups excluding carboxylic acids is 1. The number of amides is 1. The number of carbonyl (C=O) groups is 1. The molecule has 1 unspecified atom stereocenters. The lowest BCUT2D eigenvalue weighted by atomic mass is 10.0. The van der Waals surface area contributed by atoms with Crippen molar-refractivity contribution in [2.24, 2.45) is 5.92 Å². The average molecular weight is 269 g/mol. The molecule has 1 atom stereocenters. The maximum absolute atomic E-state index is 12.3. The second-order valence-corrected chi connectivity index (χ2v) is 5.63. The lowest BCUT2D eigenvalue weighted by Crippen LogP contribution is -2.30. The third-order valence-corrected chi connectivity index (χ3v) is 3.88. The van der Waals surface area contributed by atoms with Crippen molar-refractivity contribution in [3.05, 3.63) is 59.0 Å². The summed E-state index contributed by atoms with van der Waals surface area (Å²) in [5, 5.41) is 3.13. The lowest BCUT2D eigenvalue weighted by molar-refractivity contribution is 0.0902. The molecule has 1 aromatic carbocycles. The zero-order chi connectivity index (χ0) is 14.1. The summed E-state index contributed by atoms with van der Waals surface area (Å²) in [5.41, 5.74) is 3.29. The molecule has 20 heavy (non-hydrogen) atoms.